The normalized spacial score (nSPS) is 26.9. The van der Waals surface area contributed by atoms with Crippen LogP contribution in [0.3, 0.4) is 0 Å². The fourth-order valence-electron chi connectivity index (χ4n) is 9.99. The van der Waals surface area contributed by atoms with Crippen molar-refractivity contribution >= 4 is 58.2 Å². The zero-order valence-electron chi connectivity index (χ0n) is 34.6. The van der Waals surface area contributed by atoms with Crippen molar-refractivity contribution in [3.8, 4) is 0 Å². The number of anilines is 2. The van der Waals surface area contributed by atoms with Crippen LogP contribution in [0.4, 0.5) is 20.3 Å². The number of benzene rings is 1. The summed E-state index contributed by atoms with van der Waals surface area (Å²) in [5.74, 6) is -1.37. The first-order chi connectivity index (χ1) is 30.0. The average Bonchev–Trinajstić information content (AvgIpc) is 3.98. The molecular weight excluding hydrogens is 805 g/mol. The molecule has 328 valence electrons. The number of nitrogens with zero attached hydrogens (tertiary/aromatic N) is 8. The number of carbonyl (C=O) groups excluding carboxylic acids is 5. The van der Waals surface area contributed by atoms with Gasteiger partial charge in [0.05, 0.1) is 30.5 Å². The first kappa shape index (κ1) is 41.7. The molecule has 9 rings (SSSR count). The van der Waals surface area contributed by atoms with E-state index in [1.54, 1.807) is 24.4 Å². The number of halogens is 2. The number of fused-ring (bicyclic) bond motifs is 2. The van der Waals surface area contributed by atoms with Crippen molar-refractivity contribution in [1.29, 1.82) is 0 Å². The Morgan fingerprint density at radius 3 is 2.45 bits per heavy atom. The van der Waals surface area contributed by atoms with E-state index >= 15 is 0 Å². The fourth-order valence-corrected chi connectivity index (χ4v) is 9.99. The summed E-state index contributed by atoms with van der Waals surface area (Å²) in [6.07, 6.45) is 7.25. The van der Waals surface area contributed by atoms with Gasteiger partial charge in [0.1, 0.15) is 29.3 Å². The molecule has 2 atom stereocenters. The molecule has 3 N–H and O–H groups in total. The standard InChI is InChI=1S/C43H51F2N11O6/c1-53(27-11-7-24(8-12-27)21-46-30-4-2-3-28-34(30)43(61)56(42(28)60)31-13-14-33(57)49-41(31)59)23-25-5-9-26(10-6-25)37-50-35(36(44)45)38(51-37)52-40(58)29-22-47-55-16-15-32(48-39(29)55)54-17-19-62-20-18-54/h2-4,15-16,22,24-27,31,36-37,46H,5-14,17-21,23H2,1H3,(H,49,57,59)(H,51,52,58). The molecule has 0 radical (unpaired) electrons. The van der Waals surface area contributed by atoms with Gasteiger partial charge in [-0.25, -0.2) is 23.3 Å². The molecule has 62 heavy (non-hydrogen) atoms. The SMILES string of the molecule is CN(CC1CCC(C2N=C(NC(=O)c3cnn4ccc(N5CCOCC5)nc34)C(C(F)F)=N2)CC1)C1CCC(CNc2cccc3c2C(=O)N(C2CCC(=O)NC2=O)C3=O)CC1. The Hall–Kier alpha value is -5.69. The monoisotopic (exact) mass is 855 g/mol. The minimum Gasteiger partial charge on any atom is -0.384 e. The van der Waals surface area contributed by atoms with Gasteiger partial charge in [0.2, 0.25) is 11.8 Å². The van der Waals surface area contributed by atoms with E-state index in [-0.39, 0.29) is 41.3 Å². The number of aliphatic imine (C=N–C) groups is 2. The lowest BCUT2D eigenvalue weighted by Gasteiger charge is -2.38. The van der Waals surface area contributed by atoms with Gasteiger partial charge in [-0.1, -0.05) is 6.07 Å². The van der Waals surface area contributed by atoms with E-state index < -0.39 is 53.9 Å². The number of hydrogen-bond donors (Lipinski definition) is 3. The van der Waals surface area contributed by atoms with Crippen LogP contribution in [-0.4, -0.2) is 137 Å². The predicted octanol–water partition coefficient (Wildman–Crippen LogP) is 3.55. The maximum atomic E-state index is 14.3. The van der Waals surface area contributed by atoms with Crippen molar-refractivity contribution in [2.45, 2.75) is 88.9 Å². The molecule has 19 heteroatoms. The summed E-state index contributed by atoms with van der Waals surface area (Å²) in [6.45, 7) is 4.07. The second-order valence-electron chi connectivity index (χ2n) is 17.3. The maximum absolute atomic E-state index is 14.3. The largest absolute Gasteiger partial charge is 0.384 e. The number of alkyl halides is 2. The van der Waals surface area contributed by atoms with Crippen molar-refractivity contribution in [3.63, 3.8) is 0 Å². The molecule has 4 aliphatic heterocycles. The van der Waals surface area contributed by atoms with E-state index in [0.29, 0.717) is 67.9 Å². The van der Waals surface area contributed by atoms with Crippen LogP contribution < -0.4 is 20.9 Å². The zero-order chi connectivity index (χ0) is 43.1. The van der Waals surface area contributed by atoms with Crippen molar-refractivity contribution in [1.82, 2.24) is 35.0 Å². The summed E-state index contributed by atoms with van der Waals surface area (Å²) >= 11 is 0. The van der Waals surface area contributed by atoms with Crippen molar-refractivity contribution < 1.29 is 37.5 Å². The Labute approximate surface area is 356 Å². The van der Waals surface area contributed by atoms with Gasteiger partial charge in [-0.2, -0.15) is 5.10 Å². The third-order valence-corrected chi connectivity index (χ3v) is 13.5. The third kappa shape index (κ3) is 8.31. The molecule has 4 fully saturated rings. The molecule has 2 aliphatic carbocycles. The lowest BCUT2D eigenvalue weighted by molar-refractivity contribution is -0.136. The highest BCUT2D eigenvalue weighted by Crippen LogP contribution is 2.37. The Bertz CT molecular complexity index is 2310. The van der Waals surface area contributed by atoms with Crippen LogP contribution in [0.25, 0.3) is 5.65 Å². The molecule has 0 spiro atoms. The van der Waals surface area contributed by atoms with Crippen LogP contribution in [0.2, 0.25) is 0 Å². The molecule has 2 aromatic heterocycles. The summed E-state index contributed by atoms with van der Waals surface area (Å²) in [6, 6.07) is 6.36. The number of carbonyl (C=O) groups is 5. The zero-order valence-corrected chi connectivity index (χ0v) is 34.6. The van der Waals surface area contributed by atoms with Gasteiger partial charge in [0.25, 0.3) is 24.1 Å². The topological polar surface area (TPSA) is 195 Å². The van der Waals surface area contributed by atoms with Crippen molar-refractivity contribution in [2.75, 3.05) is 56.7 Å². The van der Waals surface area contributed by atoms with Gasteiger partial charge in [-0.3, -0.25) is 39.2 Å². The summed E-state index contributed by atoms with van der Waals surface area (Å²) in [5, 5.41) is 12.5. The molecule has 1 aromatic carbocycles. The molecule has 3 aromatic rings. The van der Waals surface area contributed by atoms with E-state index in [4.69, 9.17) is 4.74 Å². The first-order valence-corrected chi connectivity index (χ1v) is 21.7. The van der Waals surface area contributed by atoms with Crippen LogP contribution in [-0.2, 0) is 14.3 Å². The molecule has 17 nitrogen and oxygen atoms in total. The van der Waals surface area contributed by atoms with Gasteiger partial charge in [-0.15, -0.1) is 0 Å². The Balaban J connectivity index is 0.741. The van der Waals surface area contributed by atoms with Gasteiger partial charge < -0.3 is 25.2 Å². The number of amides is 5. The number of imide groups is 2. The quantitative estimate of drug-likeness (QED) is 0.239. The summed E-state index contributed by atoms with van der Waals surface area (Å²) in [4.78, 5) is 83.4. The maximum Gasteiger partial charge on any atom is 0.283 e. The number of piperidine rings is 1. The lowest BCUT2D eigenvalue weighted by Crippen LogP contribution is -2.54. The summed E-state index contributed by atoms with van der Waals surface area (Å²) in [5.41, 5.74) is 1.08. The highest BCUT2D eigenvalue weighted by Gasteiger charge is 2.46. The van der Waals surface area contributed by atoms with Crippen molar-refractivity contribution in [3.05, 3.63) is 53.3 Å². The van der Waals surface area contributed by atoms with Crippen LogP contribution in [0, 0.1) is 17.8 Å². The fraction of sp³-hybridized carbons (Fsp3) is 0.558. The Kier molecular flexibility index (Phi) is 11.8. The molecule has 2 saturated carbocycles. The highest BCUT2D eigenvalue weighted by molar-refractivity contribution is 6.46. The molecule has 5 amide bonds. The van der Waals surface area contributed by atoms with Crippen LogP contribution in [0.15, 0.2) is 46.6 Å². The van der Waals surface area contributed by atoms with E-state index in [1.165, 1.54) is 10.7 Å². The molecular formula is C43H51F2N11O6. The molecule has 6 aliphatic rings. The number of amidine groups is 1. The number of aromatic nitrogens is 3. The van der Waals surface area contributed by atoms with Gasteiger partial charge in [0.15, 0.2) is 11.5 Å². The number of ether oxygens (including phenoxy) is 1. The van der Waals surface area contributed by atoms with Crippen LogP contribution in [0.1, 0.15) is 95.3 Å². The highest BCUT2D eigenvalue weighted by atomic mass is 19.3. The summed E-state index contributed by atoms with van der Waals surface area (Å²) in [7, 11) is 2.18. The second kappa shape index (κ2) is 17.6. The van der Waals surface area contributed by atoms with Gasteiger partial charge in [-0.05, 0) is 94.9 Å². The number of rotatable bonds is 11. The van der Waals surface area contributed by atoms with E-state index in [9.17, 15) is 32.8 Å². The van der Waals surface area contributed by atoms with E-state index in [2.05, 4.69) is 52.9 Å². The first-order valence-electron chi connectivity index (χ1n) is 21.7. The van der Waals surface area contributed by atoms with E-state index in [0.717, 1.165) is 62.8 Å². The smallest absolute Gasteiger partial charge is 0.283 e. The minimum atomic E-state index is -2.89. The second-order valence-corrected chi connectivity index (χ2v) is 17.3. The van der Waals surface area contributed by atoms with E-state index in [1.807, 2.05) is 6.07 Å². The molecule has 0 bridgehead atoms. The molecule has 2 unspecified atom stereocenters. The number of morpholine rings is 1. The molecule has 2 saturated heterocycles. The Morgan fingerprint density at radius 2 is 1.71 bits per heavy atom. The Morgan fingerprint density at radius 1 is 0.952 bits per heavy atom. The number of hydrogen-bond acceptors (Lipinski definition) is 13. The van der Waals surface area contributed by atoms with Crippen LogP contribution in [0.5, 0.6) is 0 Å². The summed E-state index contributed by atoms with van der Waals surface area (Å²) < 4.78 is 35.5. The molecule has 6 heterocycles. The predicted molar refractivity (Wildman–Crippen MR) is 224 cm³/mol. The van der Waals surface area contributed by atoms with Gasteiger partial charge in [0, 0.05) is 56.4 Å². The number of nitrogens with one attached hydrogen (secondary N) is 3. The third-order valence-electron chi connectivity index (χ3n) is 13.5. The minimum absolute atomic E-state index is 0.00265. The van der Waals surface area contributed by atoms with Crippen molar-refractivity contribution in [2.24, 2.45) is 27.7 Å². The lowest BCUT2D eigenvalue weighted by atomic mass is 9.79. The van der Waals surface area contributed by atoms with Crippen LogP contribution >= 0.6 is 0 Å². The van der Waals surface area contributed by atoms with Gasteiger partial charge >= 0.3 is 0 Å². The average molecular weight is 856 g/mol.